The van der Waals surface area contributed by atoms with Crippen LogP contribution in [0.4, 0.5) is 5.82 Å². The number of piperidine rings is 1. The third-order valence-electron chi connectivity index (χ3n) is 5.22. The summed E-state index contributed by atoms with van der Waals surface area (Å²) < 4.78 is 10.6. The monoisotopic (exact) mass is 377 g/mol. The number of rotatable bonds is 5. The van der Waals surface area contributed by atoms with Gasteiger partial charge in [0.2, 0.25) is 0 Å². The van der Waals surface area contributed by atoms with Crippen molar-refractivity contribution in [1.29, 1.82) is 0 Å². The Morgan fingerprint density at radius 1 is 1.07 bits per heavy atom. The zero-order chi connectivity index (χ0) is 19.5. The number of nitrogens with zero attached hydrogens (tertiary/aromatic N) is 3. The smallest absolute Gasteiger partial charge is 0.167 e. The number of carbonyl (C=O) groups is 1. The number of aromatic nitrogens is 2. The van der Waals surface area contributed by atoms with E-state index in [-0.39, 0.29) is 11.7 Å². The Morgan fingerprint density at radius 3 is 2.64 bits per heavy atom. The minimum atomic E-state index is -0.0832. The summed E-state index contributed by atoms with van der Waals surface area (Å²) in [6, 6.07) is 13.2. The van der Waals surface area contributed by atoms with Crippen molar-refractivity contribution >= 4 is 22.6 Å². The lowest BCUT2D eigenvalue weighted by atomic mass is 9.90. The fourth-order valence-electron chi connectivity index (χ4n) is 3.72. The van der Waals surface area contributed by atoms with Gasteiger partial charge in [-0.2, -0.15) is 0 Å². The summed E-state index contributed by atoms with van der Waals surface area (Å²) >= 11 is 0. The molecule has 4 rings (SSSR count). The summed E-state index contributed by atoms with van der Waals surface area (Å²) in [5, 5.41) is 0. The maximum Gasteiger partial charge on any atom is 0.167 e. The quantitative estimate of drug-likeness (QED) is 0.631. The Balaban J connectivity index is 1.55. The summed E-state index contributed by atoms with van der Waals surface area (Å²) in [6.45, 7) is 1.52. The highest BCUT2D eigenvalue weighted by Gasteiger charge is 2.28. The molecule has 1 aliphatic heterocycles. The maximum atomic E-state index is 13.1. The molecule has 0 amide bonds. The van der Waals surface area contributed by atoms with Gasteiger partial charge in [0, 0.05) is 24.6 Å². The lowest BCUT2D eigenvalue weighted by Gasteiger charge is -2.32. The number of hydrogen-bond donors (Lipinski definition) is 0. The zero-order valence-electron chi connectivity index (χ0n) is 16.1. The molecule has 0 bridgehead atoms. The number of methoxy groups -OCH3 is 2. The third kappa shape index (κ3) is 3.50. The molecule has 1 aromatic heterocycles. The van der Waals surface area contributed by atoms with Gasteiger partial charge in [0.25, 0.3) is 0 Å². The fourth-order valence-corrected chi connectivity index (χ4v) is 3.72. The molecule has 0 aliphatic carbocycles. The van der Waals surface area contributed by atoms with Gasteiger partial charge in [-0.15, -0.1) is 0 Å². The minimum absolute atomic E-state index is 0.0832. The average Bonchev–Trinajstić information content (AvgIpc) is 2.77. The SMILES string of the molecule is COc1ccc(C(=O)C2CCCN(c3cnc4ccccc4n3)C2)cc1OC. The van der Waals surface area contributed by atoms with E-state index in [2.05, 4.69) is 9.88 Å². The second-order valence-electron chi connectivity index (χ2n) is 6.94. The Hall–Kier alpha value is -3.15. The number of benzene rings is 2. The van der Waals surface area contributed by atoms with Crippen molar-refractivity contribution in [3.63, 3.8) is 0 Å². The van der Waals surface area contributed by atoms with Gasteiger partial charge in [0.1, 0.15) is 5.82 Å². The van der Waals surface area contributed by atoms with Gasteiger partial charge in [-0.05, 0) is 43.2 Å². The van der Waals surface area contributed by atoms with E-state index in [1.807, 2.05) is 24.3 Å². The van der Waals surface area contributed by atoms with Crippen molar-refractivity contribution in [3.8, 4) is 11.5 Å². The minimum Gasteiger partial charge on any atom is -0.493 e. The molecule has 1 atom stereocenters. The van der Waals surface area contributed by atoms with Crippen LogP contribution in [-0.4, -0.2) is 43.1 Å². The van der Waals surface area contributed by atoms with E-state index in [4.69, 9.17) is 14.5 Å². The fraction of sp³-hybridized carbons (Fsp3) is 0.318. The van der Waals surface area contributed by atoms with Gasteiger partial charge in [-0.1, -0.05) is 12.1 Å². The molecule has 3 aromatic rings. The van der Waals surface area contributed by atoms with E-state index in [9.17, 15) is 4.79 Å². The van der Waals surface area contributed by atoms with Crippen LogP contribution >= 0.6 is 0 Å². The second-order valence-corrected chi connectivity index (χ2v) is 6.94. The average molecular weight is 377 g/mol. The first-order valence-corrected chi connectivity index (χ1v) is 9.42. The maximum absolute atomic E-state index is 13.1. The first-order valence-electron chi connectivity index (χ1n) is 9.42. The van der Waals surface area contributed by atoms with Crippen molar-refractivity contribution in [2.24, 2.45) is 5.92 Å². The van der Waals surface area contributed by atoms with Crippen LogP contribution in [0.2, 0.25) is 0 Å². The zero-order valence-corrected chi connectivity index (χ0v) is 16.1. The largest absolute Gasteiger partial charge is 0.493 e. The standard InChI is InChI=1S/C22H23N3O3/c1-27-19-10-9-15(12-20(19)28-2)22(26)16-6-5-11-25(14-16)21-13-23-17-7-3-4-8-18(17)24-21/h3-4,7-10,12-13,16H,5-6,11,14H2,1-2H3. The summed E-state index contributed by atoms with van der Waals surface area (Å²) in [7, 11) is 3.16. The molecule has 0 spiro atoms. The molecule has 1 saturated heterocycles. The molecule has 1 fully saturated rings. The summed E-state index contributed by atoms with van der Waals surface area (Å²) in [4.78, 5) is 24.5. The molecular weight excluding hydrogens is 354 g/mol. The van der Waals surface area contributed by atoms with Gasteiger partial charge < -0.3 is 14.4 Å². The normalized spacial score (nSPS) is 16.8. The summed E-state index contributed by atoms with van der Waals surface area (Å²) in [6.07, 6.45) is 3.61. The highest BCUT2D eigenvalue weighted by molar-refractivity contribution is 5.99. The predicted octanol–water partition coefficient (Wildman–Crippen LogP) is 3.75. The van der Waals surface area contributed by atoms with Gasteiger partial charge in [-0.3, -0.25) is 9.78 Å². The van der Waals surface area contributed by atoms with Gasteiger partial charge in [-0.25, -0.2) is 4.98 Å². The molecule has 1 aliphatic rings. The van der Waals surface area contributed by atoms with Crippen molar-refractivity contribution in [1.82, 2.24) is 9.97 Å². The van der Waals surface area contributed by atoms with Crippen molar-refractivity contribution in [2.45, 2.75) is 12.8 Å². The van der Waals surface area contributed by atoms with Crippen LogP contribution in [0, 0.1) is 5.92 Å². The molecule has 0 N–H and O–H groups in total. The van der Waals surface area contributed by atoms with E-state index in [1.54, 1.807) is 38.6 Å². The van der Waals surface area contributed by atoms with E-state index in [0.29, 0.717) is 23.6 Å². The lowest BCUT2D eigenvalue weighted by molar-refractivity contribution is 0.0906. The molecule has 2 aromatic carbocycles. The summed E-state index contributed by atoms with van der Waals surface area (Å²) in [5.74, 6) is 2.06. The highest BCUT2D eigenvalue weighted by atomic mass is 16.5. The number of ether oxygens (including phenoxy) is 2. The van der Waals surface area contributed by atoms with Gasteiger partial charge in [0.15, 0.2) is 17.3 Å². The highest BCUT2D eigenvalue weighted by Crippen LogP contribution is 2.30. The second kappa shape index (κ2) is 7.84. The first kappa shape index (κ1) is 18.2. The molecule has 0 saturated carbocycles. The first-order chi connectivity index (χ1) is 13.7. The van der Waals surface area contributed by atoms with Crippen molar-refractivity contribution in [2.75, 3.05) is 32.2 Å². The molecule has 2 heterocycles. The Morgan fingerprint density at radius 2 is 1.86 bits per heavy atom. The molecule has 1 unspecified atom stereocenters. The van der Waals surface area contributed by atoms with Crippen molar-refractivity contribution < 1.29 is 14.3 Å². The lowest BCUT2D eigenvalue weighted by Crippen LogP contribution is -2.39. The molecule has 144 valence electrons. The van der Waals surface area contributed by atoms with Crippen LogP contribution in [0.1, 0.15) is 23.2 Å². The number of carbonyl (C=O) groups excluding carboxylic acids is 1. The van der Waals surface area contributed by atoms with Crippen LogP contribution < -0.4 is 14.4 Å². The number of fused-ring (bicyclic) bond motifs is 1. The van der Waals surface area contributed by atoms with E-state index in [0.717, 1.165) is 36.2 Å². The summed E-state index contributed by atoms with van der Waals surface area (Å²) in [5.41, 5.74) is 2.39. The van der Waals surface area contributed by atoms with E-state index < -0.39 is 0 Å². The molecule has 0 radical (unpaired) electrons. The Kier molecular flexibility index (Phi) is 5.10. The Labute approximate surface area is 164 Å². The van der Waals surface area contributed by atoms with E-state index in [1.165, 1.54) is 0 Å². The Bertz CT molecular complexity index is 1010. The molecule has 6 heteroatoms. The van der Waals surface area contributed by atoms with Crippen LogP contribution in [0.15, 0.2) is 48.7 Å². The number of anilines is 1. The van der Waals surface area contributed by atoms with Crippen LogP contribution in [-0.2, 0) is 0 Å². The van der Waals surface area contributed by atoms with Crippen LogP contribution in [0.25, 0.3) is 11.0 Å². The predicted molar refractivity (Wildman–Crippen MR) is 108 cm³/mol. The number of Topliss-reactive ketones (excluding diaryl/α,β-unsaturated/α-hetero) is 1. The molecule has 6 nitrogen and oxygen atoms in total. The number of para-hydroxylation sites is 2. The molecule has 28 heavy (non-hydrogen) atoms. The van der Waals surface area contributed by atoms with Crippen LogP contribution in [0.5, 0.6) is 11.5 Å². The third-order valence-corrected chi connectivity index (χ3v) is 5.22. The van der Waals surface area contributed by atoms with Crippen LogP contribution in [0.3, 0.4) is 0 Å². The topological polar surface area (TPSA) is 64.5 Å². The molecular formula is C22H23N3O3. The van der Waals surface area contributed by atoms with E-state index >= 15 is 0 Å². The number of ketones is 1. The number of hydrogen-bond acceptors (Lipinski definition) is 6. The van der Waals surface area contributed by atoms with Gasteiger partial charge in [0.05, 0.1) is 31.4 Å². The van der Waals surface area contributed by atoms with Crippen molar-refractivity contribution in [3.05, 3.63) is 54.2 Å². The van der Waals surface area contributed by atoms with Gasteiger partial charge >= 0.3 is 0 Å².